The number of halogens is 2. The van der Waals surface area contributed by atoms with Gasteiger partial charge >= 0.3 is 0 Å². The van der Waals surface area contributed by atoms with Crippen molar-refractivity contribution in [2.75, 3.05) is 45.6 Å². The van der Waals surface area contributed by atoms with Crippen LogP contribution in [0.2, 0.25) is 10.0 Å². The Morgan fingerprint density at radius 2 is 1.74 bits per heavy atom. The predicted octanol–water partition coefficient (Wildman–Crippen LogP) is 6.94. The van der Waals surface area contributed by atoms with Gasteiger partial charge in [-0.25, -0.2) is 15.0 Å². The molecule has 0 bridgehead atoms. The van der Waals surface area contributed by atoms with E-state index in [1.165, 1.54) is 11.8 Å². The minimum absolute atomic E-state index is 0.201. The summed E-state index contributed by atoms with van der Waals surface area (Å²) in [5, 5.41) is 16.5. The van der Waals surface area contributed by atoms with Crippen molar-refractivity contribution in [3.05, 3.63) is 100 Å². The van der Waals surface area contributed by atoms with Crippen LogP contribution in [0.5, 0.6) is 5.75 Å². The van der Waals surface area contributed by atoms with Crippen LogP contribution in [0.25, 0.3) is 34.0 Å². The quantitative estimate of drug-likeness (QED) is 0.0630. The van der Waals surface area contributed by atoms with Gasteiger partial charge in [0.05, 0.1) is 34.5 Å². The molecule has 1 fully saturated rings. The summed E-state index contributed by atoms with van der Waals surface area (Å²) in [6.45, 7) is 6.24. The predicted molar refractivity (Wildman–Crippen MR) is 183 cm³/mol. The monoisotopic (exact) mass is 676 g/mol. The molecule has 46 heavy (non-hydrogen) atoms. The number of rotatable bonds is 12. The Kier molecular flexibility index (Phi) is 10.7. The molecule has 0 aliphatic carbocycles. The highest BCUT2D eigenvalue weighted by Gasteiger charge is 2.26. The average molecular weight is 678 g/mol. The molecule has 0 spiro atoms. The molecule has 0 atom stereocenters. The molecular formula is C34H34Cl2N6O3S. The molecule has 5 aromatic rings. The van der Waals surface area contributed by atoms with Gasteiger partial charge < -0.3 is 20.0 Å². The molecule has 3 aromatic carbocycles. The second kappa shape index (κ2) is 15.3. The number of hydrogen-bond donors (Lipinski definition) is 2. The van der Waals surface area contributed by atoms with Crippen LogP contribution in [0.1, 0.15) is 11.1 Å². The van der Waals surface area contributed by atoms with Crippen molar-refractivity contribution in [3.63, 3.8) is 0 Å². The van der Waals surface area contributed by atoms with Gasteiger partial charge in [-0.3, -0.25) is 4.90 Å². The number of nitrogens with zero attached hydrogens (tertiary/aromatic N) is 5. The van der Waals surface area contributed by atoms with Gasteiger partial charge in [-0.1, -0.05) is 77.4 Å². The second-order valence-corrected chi connectivity index (χ2v) is 12.3. The van der Waals surface area contributed by atoms with Crippen LogP contribution in [0.15, 0.2) is 84.1 Å². The SMILES string of the molecule is CSc1nccc(-c2c(-c3cccc(OCc4ccccc4)c3)nc(-c3c(Cl)cc(CNCCN4CCOCC4)cc3Cl)n2O)n1. The lowest BCUT2D eigenvalue weighted by molar-refractivity contribution is 0.0384. The van der Waals surface area contributed by atoms with Crippen molar-refractivity contribution < 1.29 is 14.7 Å². The highest BCUT2D eigenvalue weighted by Crippen LogP contribution is 2.41. The lowest BCUT2D eigenvalue weighted by Gasteiger charge is -2.26. The number of morpholine rings is 1. The number of imidazole rings is 1. The molecule has 2 aromatic heterocycles. The van der Waals surface area contributed by atoms with E-state index >= 15 is 0 Å². The molecule has 1 aliphatic heterocycles. The summed E-state index contributed by atoms with van der Waals surface area (Å²) in [6, 6.07) is 23.0. The summed E-state index contributed by atoms with van der Waals surface area (Å²) in [4.78, 5) is 16.3. The van der Waals surface area contributed by atoms with Crippen molar-refractivity contribution in [2.45, 2.75) is 18.3 Å². The molecule has 0 saturated carbocycles. The topological polar surface area (TPSA) is 97.6 Å². The van der Waals surface area contributed by atoms with E-state index in [0.29, 0.717) is 56.7 Å². The van der Waals surface area contributed by atoms with Crippen LogP contribution >= 0.6 is 35.0 Å². The van der Waals surface area contributed by atoms with Gasteiger partial charge in [0.1, 0.15) is 23.7 Å². The molecule has 0 amide bonds. The normalized spacial score (nSPS) is 13.6. The molecule has 1 saturated heterocycles. The Labute approximate surface area is 282 Å². The maximum absolute atomic E-state index is 11.7. The average Bonchev–Trinajstić information content (AvgIpc) is 3.43. The smallest absolute Gasteiger partial charge is 0.187 e. The van der Waals surface area contributed by atoms with E-state index in [1.807, 2.05) is 73.0 Å². The van der Waals surface area contributed by atoms with E-state index in [1.54, 1.807) is 12.3 Å². The van der Waals surface area contributed by atoms with Crippen molar-refractivity contribution in [2.24, 2.45) is 0 Å². The summed E-state index contributed by atoms with van der Waals surface area (Å²) in [5.41, 5.74) is 4.52. The van der Waals surface area contributed by atoms with E-state index in [4.69, 9.17) is 37.7 Å². The van der Waals surface area contributed by atoms with Gasteiger partial charge in [0.2, 0.25) is 0 Å². The van der Waals surface area contributed by atoms with Gasteiger partial charge in [-0.05, 0) is 47.7 Å². The Morgan fingerprint density at radius 1 is 0.957 bits per heavy atom. The van der Waals surface area contributed by atoms with Gasteiger partial charge in [-0.2, -0.15) is 4.73 Å². The van der Waals surface area contributed by atoms with Crippen LogP contribution in [0.3, 0.4) is 0 Å². The maximum atomic E-state index is 11.7. The number of benzene rings is 3. The zero-order chi connectivity index (χ0) is 31.9. The van der Waals surface area contributed by atoms with E-state index in [9.17, 15) is 5.21 Å². The zero-order valence-corrected chi connectivity index (χ0v) is 27.7. The molecule has 2 N–H and O–H groups in total. The third-order valence-electron chi connectivity index (χ3n) is 7.63. The lowest BCUT2D eigenvalue weighted by Crippen LogP contribution is -2.40. The standard InChI is InChI=1S/C34H34Cl2N6O3S/c1-46-34-38-11-10-29(39-34)32-31(25-8-5-9-26(20-25)45-22-23-6-3-2-4-7-23)40-33(42(32)43)30-27(35)18-24(19-28(30)36)21-37-12-13-41-14-16-44-17-15-41/h2-11,18-20,37,43H,12-17,21-22H2,1H3. The van der Waals surface area contributed by atoms with Gasteiger partial charge in [0, 0.05) is 44.5 Å². The minimum atomic E-state index is 0.201. The molecule has 0 radical (unpaired) electrons. The number of aromatic nitrogens is 4. The van der Waals surface area contributed by atoms with Gasteiger partial charge in [0.25, 0.3) is 0 Å². The first-order valence-corrected chi connectivity index (χ1v) is 16.9. The molecule has 1 aliphatic rings. The summed E-state index contributed by atoms with van der Waals surface area (Å²) in [7, 11) is 0. The number of nitrogens with one attached hydrogen (secondary N) is 1. The summed E-state index contributed by atoms with van der Waals surface area (Å²) in [6.07, 6.45) is 3.55. The highest BCUT2D eigenvalue weighted by molar-refractivity contribution is 7.98. The Bertz CT molecular complexity index is 1760. The zero-order valence-electron chi connectivity index (χ0n) is 25.3. The number of thioether (sulfide) groups is 1. The van der Waals surface area contributed by atoms with E-state index < -0.39 is 0 Å². The fourth-order valence-corrected chi connectivity index (χ4v) is 6.34. The Hall–Kier alpha value is -3.64. The third-order valence-corrected chi connectivity index (χ3v) is 8.79. The first-order valence-electron chi connectivity index (χ1n) is 15.0. The highest BCUT2D eigenvalue weighted by atomic mass is 35.5. The number of ether oxygens (including phenoxy) is 2. The Morgan fingerprint density at radius 3 is 2.50 bits per heavy atom. The largest absolute Gasteiger partial charge is 0.489 e. The maximum Gasteiger partial charge on any atom is 0.187 e. The summed E-state index contributed by atoms with van der Waals surface area (Å²) < 4.78 is 12.5. The molecule has 238 valence electrons. The first kappa shape index (κ1) is 32.3. The molecule has 6 rings (SSSR count). The third kappa shape index (κ3) is 7.66. The lowest BCUT2D eigenvalue weighted by atomic mass is 10.1. The van der Waals surface area contributed by atoms with Crippen LogP contribution in [0, 0.1) is 0 Å². The molecule has 9 nitrogen and oxygen atoms in total. The minimum Gasteiger partial charge on any atom is -0.489 e. The first-order chi connectivity index (χ1) is 22.5. The Balaban J connectivity index is 1.31. The summed E-state index contributed by atoms with van der Waals surface area (Å²) in [5.74, 6) is 0.863. The second-order valence-electron chi connectivity index (χ2n) is 10.7. The number of hydrogen-bond acceptors (Lipinski definition) is 9. The van der Waals surface area contributed by atoms with Crippen molar-refractivity contribution in [3.8, 4) is 39.8 Å². The van der Waals surface area contributed by atoms with E-state index in [2.05, 4.69) is 20.2 Å². The van der Waals surface area contributed by atoms with Crippen molar-refractivity contribution >= 4 is 35.0 Å². The molecule has 3 heterocycles. The van der Waals surface area contributed by atoms with Crippen molar-refractivity contribution in [1.29, 1.82) is 0 Å². The van der Waals surface area contributed by atoms with Gasteiger partial charge in [0.15, 0.2) is 11.0 Å². The van der Waals surface area contributed by atoms with Crippen LogP contribution < -0.4 is 10.1 Å². The molecule has 0 unspecified atom stereocenters. The van der Waals surface area contributed by atoms with Crippen LogP contribution in [-0.4, -0.2) is 75.4 Å². The molecule has 12 heteroatoms. The van der Waals surface area contributed by atoms with Crippen LogP contribution in [-0.2, 0) is 17.9 Å². The van der Waals surface area contributed by atoms with E-state index in [-0.39, 0.29) is 5.82 Å². The fraction of sp³-hybridized carbons (Fsp3) is 0.265. The fourth-order valence-electron chi connectivity index (χ4n) is 5.29. The van der Waals surface area contributed by atoms with Crippen LogP contribution in [0.4, 0.5) is 0 Å². The van der Waals surface area contributed by atoms with E-state index in [0.717, 1.165) is 60.8 Å². The summed E-state index contributed by atoms with van der Waals surface area (Å²) >= 11 is 15.1. The van der Waals surface area contributed by atoms with Crippen molar-refractivity contribution in [1.82, 2.24) is 29.9 Å². The molecular weight excluding hydrogens is 643 g/mol. The van der Waals surface area contributed by atoms with Gasteiger partial charge in [-0.15, -0.1) is 0 Å².